The fourth-order valence-corrected chi connectivity index (χ4v) is 6.37. The minimum atomic E-state index is -4.42. The Morgan fingerprint density at radius 3 is 2.37 bits per heavy atom. The zero-order chi connectivity index (χ0) is 29.3. The Balaban J connectivity index is 1.45. The Bertz CT molecular complexity index is 1520. The third kappa shape index (κ3) is 6.31. The molecule has 0 aliphatic heterocycles. The molecular formula is C33H36F3N3O2. The number of nitrogens with zero attached hydrogens (tertiary/aromatic N) is 2. The summed E-state index contributed by atoms with van der Waals surface area (Å²) in [4.78, 5) is 23.6. The van der Waals surface area contributed by atoms with E-state index in [1.54, 1.807) is 6.20 Å². The van der Waals surface area contributed by atoms with Crippen LogP contribution in [0.25, 0.3) is 33.7 Å². The predicted octanol–water partition coefficient (Wildman–Crippen LogP) is 9.21. The summed E-state index contributed by atoms with van der Waals surface area (Å²) in [6.07, 6.45) is 2.41. The number of H-pyrrole nitrogens is 1. The van der Waals surface area contributed by atoms with Crippen LogP contribution in [0.2, 0.25) is 0 Å². The van der Waals surface area contributed by atoms with Crippen LogP contribution in [0.15, 0.2) is 54.7 Å². The van der Waals surface area contributed by atoms with Gasteiger partial charge in [0.2, 0.25) is 0 Å². The van der Waals surface area contributed by atoms with Crippen LogP contribution in [0.1, 0.15) is 87.8 Å². The van der Waals surface area contributed by atoms with Crippen LogP contribution in [0.5, 0.6) is 0 Å². The number of hydrogen-bond acceptors (Lipinski definition) is 3. The van der Waals surface area contributed by atoms with Crippen LogP contribution >= 0.6 is 0 Å². The first-order valence-electron chi connectivity index (χ1n) is 14.4. The predicted molar refractivity (Wildman–Crippen MR) is 155 cm³/mol. The molecule has 0 spiro atoms. The van der Waals surface area contributed by atoms with E-state index < -0.39 is 17.7 Å². The number of rotatable bonds is 8. The van der Waals surface area contributed by atoms with E-state index in [0.717, 1.165) is 66.6 Å². The number of pyridine rings is 1. The minimum absolute atomic E-state index is 0.214. The number of fused-ring (bicyclic) bond motifs is 1. The van der Waals surface area contributed by atoms with E-state index >= 15 is 0 Å². The van der Waals surface area contributed by atoms with Gasteiger partial charge in [-0.05, 0) is 91.2 Å². The number of halogens is 3. The van der Waals surface area contributed by atoms with Crippen molar-refractivity contribution in [2.45, 2.75) is 77.3 Å². The maximum absolute atomic E-state index is 13.3. The summed E-state index contributed by atoms with van der Waals surface area (Å²) in [6.45, 7) is 6.49. The van der Waals surface area contributed by atoms with E-state index in [0.29, 0.717) is 28.7 Å². The van der Waals surface area contributed by atoms with Crippen molar-refractivity contribution in [1.29, 1.82) is 0 Å². The van der Waals surface area contributed by atoms with E-state index in [1.165, 1.54) is 11.6 Å². The van der Waals surface area contributed by atoms with Gasteiger partial charge < -0.3 is 10.1 Å². The van der Waals surface area contributed by atoms with E-state index in [2.05, 4.69) is 61.1 Å². The number of aliphatic carboxylic acids is 1. The van der Waals surface area contributed by atoms with Crippen LogP contribution in [-0.4, -0.2) is 26.0 Å². The van der Waals surface area contributed by atoms with E-state index in [-0.39, 0.29) is 18.3 Å². The molecule has 1 unspecified atom stereocenters. The van der Waals surface area contributed by atoms with Crippen LogP contribution in [0, 0.1) is 11.8 Å². The van der Waals surface area contributed by atoms with Gasteiger partial charge in [-0.25, -0.2) is 4.98 Å². The van der Waals surface area contributed by atoms with Gasteiger partial charge >= 0.3 is 12.1 Å². The number of benzene rings is 2. The first-order valence-corrected chi connectivity index (χ1v) is 14.4. The zero-order valence-corrected chi connectivity index (χ0v) is 23.6. The zero-order valence-electron chi connectivity index (χ0n) is 23.6. The highest BCUT2D eigenvalue weighted by molar-refractivity contribution is 5.81. The molecule has 2 aromatic carbocycles. The van der Waals surface area contributed by atoms with Crippen molar-refractivity contribution < 1.29 is 23.1 Å². The molecule has 2 aromatic heterocycles. The summed E-state index contributed by atoms with van der Waals surface area (Å²) in [6, 6.07) is 14.2. The monoisotopic (exact) mass is 563 g/mol. The lowest BCUT2D eigenvalue weighted by Gasteiger charge is -2.28. The van der Waals surface area contributed by atoms with E-state index in [4.69, 9.17) is 10.1 Å². The molecule has 0 saturated heterocycles. The van der Waals surface area contributed by atoms with Gasteiger partial charge in [-0.3, -0.25) is 9.78 Å². The van der Waals surface area contributed by atoms with Crippen molar-refractivity contribution in [2.24, 2.45) is 11.8 Å². The van der Waals surface area contributed by atoms with Crippen LogP contribution in [0.4, 0.5) is 13.2 Å². The number of alkyl halides is 3. The Hall–Kier alpha value is -3.68. The van der Waals surface area contributed by atoms with Crippen molar-refractivity contribution in [2.75, 3.05) is 0 Å². The molecule has 1 saturated carbocycles. The summed E-state index contributed by atoms with van der Waals surface area (Å²) in [5.74, 6) is 1.07. The van der Waals surface area contributed by atoms with Crippen LogP contribution in [-0.2, 0) is 11.0 Å². The Morgan fingerprint density at radius 1 is 1.05 bits per heavy atom. The van der Waals surface area contributed by atoms with Gasteiger partial charge in [0.25, 0.3) is 0 Å². The molecule has 5 nitrogen and oxygen atoms in total. The highest BCUT2D eigenvalue weighted by Crippen LogP contribution is 2.40. The molecule has 1 atom stereocenters. The second-order valence-electron chi connectivity index (χ2n) is 11.7. The summed E-state index contributed by atoms with van der Waals surface area (Å²) in [7, 11) is 0. The number of carboxylic acids is 1. The van der Waals surface area contributed by atoms with Crippen LogP contribution < -0.4 is 0 Å². The number of hydrogen-bond donors (Lipinski definition) is 2. The van der Waals surface area contributed by atoms with Crippen LogP contribution in [0.3, 0.4) is 0 Å². The molecule has 2 heterocycles. The lowest BCUT2D eigenvalue weighted by Crippen LogP contribution is -2.16. The normalized spacial score (nSPS) is 18.6. The van der Waals surface area contributed by atoms with E-state index in [9.17, 15) is 18.0 Å². The molecule has 1 aliphatic rings. The van der Waals surface area contributed by atoms with Crippen molar-refractivity contribution in [3.05, 3.63) is 71.4 Å². The average molecular weight is 564 g/mol. The maximum Gasteiger partial charge on any atom is 0.416 e. The SMILES string of the molecule is CCC(c1cc(-c2ccc(C3CCC(CC(=O)O)CC3)cc2)ncc1-c1nc2ccc(C(F)(F)F)cc2[nH]1)C(C)C. The summed E-state index contributed by atoms with van der Waals surface area (Å²) >= 11 is 0. The maximum atomic E-state index is 13.3. The first-order chi connectivity index (χ1) is 19.5. The fourth-order valence-electron chi connectivity index (χ4n) is 6.37. The Labute approximate surface area is 238 Å². The molecule has 41 heavy (non-hydrogen) atoms. The standard InChI is InChI=1S/C33H36F3N3O2/c1-4-25(19(2)3)26-17-29(23-11-9-22(10-12-23)21-7-5-20(6-8-21)15-31(40)41)37-18-27(26)32-38-28-14-13-24(33(34,35)36)16-30(28)39-32/h9-14,16-21,25H,4-8,15H2,1-3H3,(H,38,39)(H,40,41). The van der Waals surface area contributed by atoms with Gasteiger partial charge in [0.05, 0.1) is 22.3 Å². The fraction of sp³-hybridized carbons (Fsp3) is 0.424. The lowest BCUT2D eigenvalue weighted by atomic mass is 9.77. The highest BCUT2D eigenvalue weighted by atomic mass is 19.4. The highest BCUT2D eigenvalue weighted by Gasteiger charge is 2.31. The molecule has 0 bridgehead atoms. The van der Waals surface area contributed by atoms with Gasteiger partial charge in [-0.2, -0.15) is 13.2 Å². The number of carboxylic acid groups (broad SMARTS) is 1. The van der Waals surface area contributed by atoms with Gasteiger partial charge in [0.1, 0.15) is 5.82 Å². The number of imidazole rings is 1. The number of aromatic nitrogens is 3. The van der Waals surface area contributed by atoms with Crippen molar-refractivity contribution in [1.82, 2.24) is 15.0 Å². The number of aromatic amines is 1. The molecule has 5 rings (SSSR count). The molecule has 4 aromatic rings. The smallest absolute Gasteiger partial charge is 0.416 e. The second kappa shape index (κ2) is 11.7. The molecule has 216 valence electrons. The Kier molecular flexibility index (Phi) is 8.20. The molecular weight excluding hydrogens is 527 g/mol. The number of carbonyl (C=O) groups is 1. The molecule has 1 aliphatic carbocycles. The van der Waals surface area contributed by atoms with Crippen molar-refractivity contribution >= 4 is 17.0 Å². The topological polar surface area (TPSA) is 78.9 Å². The van der Waals surface area contributed by atoms with E-state index in [1.807, 2.05) is 0 Å². The summed E-state index contributed by atoms with van der Waals surface area (Å²) in [5.41, 5.74) is 5.10. The Morgan fingerprint density at radius 2 is 1.76 bits per heavy atom. The summed E-state index contributed by atoms with van der Waals surface area (Å²) < 4.78 is 39.8. The molecule has 0 amide bonds. The first kappa shape index (κ1) is 28.8. The van der Waals surface area contributed by atoms with Gasteiger partial charge in [-0.15, -0.1) is 0 Å². The molecule has 1 fully saturated rings. The molecule has 0 radical (unpaired) electrons. The largest absolute Gasteiger partial charge is 0.481 e. The van der Waals surface area contributed by atoms with Gasteiger partial charge in [0, 0.05) is 23.7 Å². The third-order valence-corrected chi connectivity index (χ3v) is 8.63. The van der Waals surface area contributed by atoms with Crippen molar-refractivity contribution in [3.8, 4) is 22.6 Å². The third-order valence-electron chi connectivity index (χ3n) is 8.63. The van der Waals surface area contributed by atoms with Gasteiger partial charge in [0.15, 0.2) is 0 Å². The van der Waals surface area contributed by atoms with Gasteiger partial charge in [-0.1, -0.05) is 45.0 Å². The van der Waals surface area contributed by atoms with Crippen molar-refractivity contribution in [3.63, 3.8) is 0 Å². The molecule has 8 heteroatoms. The minimum Gasteiger partial charge on any atom is -0.481 e. The second-order valence-corrected chi connectivity index (χ2v) is 11.7. The lowest BCUT2D eigenvalue weighted by molar-refractivity contribution is -0.138. The molecule has 2 N–H and O–H groups in total. The number of nitrogens with one attached hydrogen (secondary N) is 1. The average Bonchev–Trinajstić information content (AvgIpc) is 3.36. The summed E-state index contributed by atoms with van der Waals surface area (Å²) in [5, 5.41) is 9.09. The quantitative estimate of drug-likeness (QED) is 0.224.